The molecule has 0 aromatic rings. The van der Waals surface area contributed by atoms with Gasteiger partial charge in [0, 0.05) is 12.8 Å². The number of aliphatic carboxylic acids is 3. The van der Waals surface area contributed by atoms with Crippen molar-refractivity contribution in [2.45, 2.75) is 238 Å². The van der Waals surface area contributed by atoms with E-state index in [0.717, 1.165) is 13.8 Å². The second-order valence-corrected chi connectivity index (χ2v) is 26.7. The van der Waals surface area contributed by atoms with Gasteiger partial charge in [-0.2, -0.15) is 11.8 Å². The maximum atomic E-state index is 14.1. The zero-order valence-electron chi connectivity index (χ0n) is 58.6. The Labute approximate surface area is 580 Å². The molecule has 0 fully saturated rings. The molecule has 13 amide bonds. The first kappa shape index (κ1) is 90.7. The van der Waals surface area contributed by atoms with E-state index in [-0.39, 0.29) is 43.9 Å². The van der Waals surface area contributed by atoms with E-state index in [1.165, 1.54) is 18.7 Å². The second kappa shape index (κ2) is 46.1. The standard InChI is InChI=1S/C62H108N14O22S/c1-14-31(9)47(60(95)71-41(25-44(64)80)55(90)73-43(27-78)59(94)70-40(24-30(7)8)56(91)75-48(62(97)98)32(10)15-2)74-50(85)33(11)65-58(93)42(26-77)72-53(88)36(16-18-45(81)82)66-54(89)38(22-28(3)4)69-52(87)37(17-19-46(83)84)67-61(96)49(34(12)79)76-57(92)39(23-29(5)6)68-51(86)35(63)20-21-99-13/h28-43,47-49,77-79H,14-27,63H2,1-13H3,(H2,64,80)(H,65,93)(H,66,89)(H,67,96)(H,68,86)(H,69,87)(H,70,94)(H,71,95)(H,72,88)(H,73,90)(H,74,85)(H,75,91)(H,76,92)(H,81,82)(H,83,84)(H,97,98)/t31-,32-,33-,34+,35-,36-,37-,38-,39-,40-,41-,42-,43-,47-,48-,49-/m0/s1. The van der Waals surface area contributed by atoms with Gasteiger partial charge >= 0.3 is 17.9 Å². The SMILES string of the molecule is CC[C@H](C)[C@H](NC(=O)[C@H](CC(C)C)NC(=O)[C@H](CO)NC(=O)[C@H](CC(N)=O)NC(=O)[C@@H](NC(=O)[C@H](C)NC(=O)[C@H](CO)NC(=O)[C@H](CCC(=O)O)NC(=O)[C@H](CC(C)C)NC(=O)[C@H](CCC(=O)O)NC(=O)[C@@H](NC(=O)[C@H](CC(C)C)NC(=O)[C@@H](N)CCSC)[C@@H](C)O)[C@@H](C)CC)C(=O)O. The molecule has 36 nitrogen and oxygen atoms in total. The maximum absolute atomic E-state index is 14.1. The number of nitrogens with two attached hydrogens (primary N) is 2. The monoisotopic (exact) mass is 1430 g/mol. The Morgan fingerprint density at radius 1 is 0.384 bits per heavy atom. The van der Waals surface area contributed by atoms with Crippen molar-refractivity contribution in [3.63, 3.8) is 0 Å². The molecule has 0 aromatic carbocycles. The highest BCUT2D eigenvalue weighted by Gasteiger charge is 2.39. The van der Waals surface area contributed by atoms with Crippen LogP contribution in [0.5, 0.6) is 0 Å². The third kappa shape index (κ3) is 34.4. The molecule has 0 radical (unpaired) electrons. The third-order valence-electron chi connectivity index (χ3n) is 15.6. The van der Waals surface area contributed by atoms with Crippen LogP contribution in [-0.4, -0.2) is 235 Å². The number of hydrogen-bond donors (Lipinski definition) is 20. The molecule has 0 aromatic heterocycles. The van der Waals surface area contributed by atoms with Crippen LogP contribution in [0.15, 0.2) is 0 Å². The highest BCUT2D eigenvalue weighted by atomic mass is 32.2. The second-order valence-electron chi connectivity index (χ2n) is 25.7. The molecule has 0 saturated heterocycles. The Bertz CT molecular complexity index is 2760. The van der Waals surface area contributed by atoms with E-state index in [1.54, 1.807) is 62.3 Å². The van der Waals surface area contributed by atoms with E-state index in [0.29, 0.717) is 12.2 Å². The lowest BCUT2D eigenvalue weighted by Crippen LogP contribution is -2.62. The number of aliphatic hydroxyl groups excluding tert-OH is 3. The number of hydrogen-bond acceptors (Lipinski definition) is 21. The van der Waals surface area contributed by atoms with E-state index in [1.807, 2.05) is 6.26 Å². The number of carboxylic acid groups (broad SMARTS) is 3. The Morgan fingerprint density at radius 3 is 1.07 bits per heavy atom. The van der Waals surface area contributed by atoms with Crippen molar-refractivity contribution >= 4 is 106 Å². The zero-order chi connectivity index (χ0) is 76.3. The van der Waals surface area contributed by atoms with Gasteiger partial charge in [-0.15, -0.1) is 0 Å². The van der Waals surface area contributed by atoms with Crippen molar-refractivity contribution in [2.75, 3.05) is 25.2 Å². The number of primary amides is 1. The molecule has 37 heteroatoms. The summed E-state index contributed by atoms with van der Waals surface area (Å²) in [6.45, 7) is 16.6. The molecule has 0 aliphatic heterocycles. The smallest absolute Gasteiger partial charge is 0.326 e. The largest absolute Gasteiger partial charge is 0.481 e. The molecule has 564 valence electrons. The average molecular weight is 1430 g/mol. The number of amides is 13. The number of carbonyl (C=O) groups excluding carboxylic acids is 13. The van der Waals surface area contributed by atoms with E-state index in [9.17, 15) is 107 Å². The minimum Gasteiger partial charge on any atom is -0.481 e. The van der Waals surface area contributed by atoms with Crippen molar-refractivity contribution in [2.24, 2.45) is 41.1 Å². The van der Waals surface area contributed by atoms with Crippen LogP contribution in [0.25, 0.3) is 0 Å². The molecule has 0 rings (SSSR count). The lowest BCUT2D eigenvalue weighted by Gasteiger charge is -2.29. The minimum absolute atomic E-state index is 0.0105. The molecule has 0 aliphatic rings. The summed E-state index contributed by atoms with van der Waals surface area (Å²) in [5.41, 5.74) is 11.4. The number of thioether (sulfide) groups is 1. The predicted molar refractivity (Wildman–Crippen MR) is 358 cm³/mol. The molecule has 99 heavy (non-hydrogen) atoms. The molecule has 0 bridgehead atoms. The van der Waals surface area contributed by atoms with Gasteiger partial charge in [-0.1, -0.05) is 82.1 Å². The lowest BCUT2D eigenvalue weighted by atomic mass is 9.97. The van der Waals surface area contributed by atoms with Crippen LogP contribution in [0.4, 0.5) is 0 Å². The lowest BCUT2D eigenvalue weighted by molar-refractivity contribution is -0.144. The molecule has 0 aliphatic carbocycles. The van der Waals surface area contributed by atoms with Gasteiger partial charge in [0.15, 0.2) is 0 Å². The Balaban J connectivity index is 6.67. The van der Waals surface area contributed by atoms with Crippen molar-refractivity contribution in [3.05, 3.63) is 0 Å². The summed E-state index contributed by atoms with van der Waals surface area (Å²) in [6.07, 6.45) is -2.86. The third-order valence-corrected chi connectivity index (χ3v) is 16.2. The molecule has 0 unspecified atom stereocenters. The molecule has 0 heterocycles. The Hall–Kier alpha value is -8.29. The molecular weight excluding hydrogens is 1320 g/mol. The predicted octanol–water partition coefficient (Wildman–Crippen LogP) is -4.81. The van der Waals surface area contributed by atoms with Gasteiger partial charge in [0.1, 0.15) is 72.5 Å². The number of carboxylic acids is 3. The van der Waals surface area contributed by atoms with Crippen LogP contribution < -0.4 is 75.3 Å². The van der Waals surface area contributed by atoms with Gasteiger partial charge in [0.2, 0.25) is 76.8 Å². The highest BCUT2D eigenvalue weighted by molar-refractivity contribution is 7.98. The first-order valence-corrected chi connectivity index (χ1v) is 34.2. The topological polar surface area (TPSA) is 591 Å². The van der Waals surface area contributed by atoms with Crippen LogP contribution in [0.1, 0.15) is 154 Å². The average Bonchev–Trinajstić information content (AvgIpc) is 0.864. The summed E-state index contributed by atoms with van der Waals surface area (Å²) >= 11 is 1.45. The van der Waals surface area contributed by atoms with Crippen molar-refractivity contribution < 1.29 is 107 Å². The number of rotatable bonds is 49. The molecular formula is C62H108N14O22S. The summed E-state index contributed by atoms with van der Waals surface area (Å²) < 4.78 is 0. The van der Waals surface area contributed by atoms with Gasteiger partial charge in [-0.3, -0.25) is 71.9 Å². The fraction of sp³-hybridized carbons (Fsp3) is 0.742. The fourth-order valence-corrected chi connectivity index (χ4v) is 9.97. The van der Waals surface area contributed by atoms with E-state index >= 15 is 0 Å². The zero-order valence-corrected chi connectivity index (χ0v) is 59.5. The normalized spacial score (nSPS) is 16.2. The van der Waals surface area contributed by atoms with Gasteiger partial charge < -0.3 is 106 Å². The van der Waals surface area contributed by atoms with Crippen molar-refractivity contribution in [1.29, 1.82) is 0 Å². The Morgan fingerprint density at radius 2 is 0.697 bits per heavy atom. The van der Waals surface area contributed by atoms with Crippen LogP contribution in [0.2, 0.25) is 0 Å². The van der Waals surface area contributed by atoms with Gasteiger partial charge in [0.25, 0.3) is 0 Å². The number of aliphatic hydroxyl groups is 3. The minimum atomic E-state index is -1.94. The summed E-state index contributed by atoms with van der Waals surface area (Å²) in [6, 6.07) is -20.7. The Kier molecular flexibility index (Phi) is 42.3. The van der Waals surface area contributed by atoms with Crippen LogP contribution in [0, 0.1) is 29.6 Å². The van der Waals surface area contributed by atoms with E-state index < -0.39 is 242 Å². The van der Waals surface area contributed by atoms with Crippen molar-refractivity contribution in [1.82, 2.24) is 63.8 Å². The van der Waals surface area contributed by atoms with Crippen LogP contribution >= 0.6 is 11.8 Å². The summed E-state index contributed by atoms with van der Waals surface area (Å²) in [5.74, 6) is -19.9. The molecule has 22 N–H and O–H groups in total. The van der Waals surface area contributed by atoms with Gasteiger partial charge in [-0.05, 0) is 94.0 Å². The summed E-state index contributed by atoms with van der Waals surface area (Å²) in [7, 11) is 0. The first-order chi connectivity index (χ1) is 46.1. The quantitative estimate of drug-likeness (QED) is 0.0272. The first-order valence-electron chi connectivity index (χ1n) is 32.8. The fourth-order valence-electron chi connectivity index (χ4n) is 9.48. The number of carbonyl (C=O) groups is 16. The summed E-state index contributed by atoms with van der Waals surface area (Å²) in [4.78, 5) is 212. The van der Waals surface area contributed by atoms with E-state index in [4.69, 9.17) is 11.5 Å². The molecule has 0 spiro atoms. The van der Waals surface area contributed by atoms with Crippen LogP contribution in [-0.2, 0) is 76.7 Å². The van der Waals surface area contributed by atoms with Gasteiger partial charge in [0.05, 0.1) is 31.8 Å². The molecule has 0 saturated carbocycles. The van der Waals surface area contributed by atoms with Crippen LogP contribution in [0.3, 0.4) is 0 Å². The maximum Gasteiger partial charge on any atom is 0.326 e. The van der Waals surface area contributed by atoms with Crippen molar-refractivity contribution in [3.8, 4) is 0 Å². The number of nitrogens with one attached hydrogen (secondary N) is 12. The van der Waals surface area contributed by atoms with E-state index in [2.05, 4.69) is 63.8 Å². The molecule has 16 atom stereocenters. The van der Waals surface area contributed by atoms with Gasteiger partial charge in [-0.25, -0.2) is 4.79 Å². The summed E-state index contributed by atoms with van der Waals surface area (Å²) in [5, 5.41) is 88.3. The highest BCUT2D eigenvalue weighted by Crippen LogP contribution is 2.15.